The van der Waals surface area contributed by atoms with Crippen molar-refractivity contribution in [2.75, 3.05) is 13.7 Å². The first kappa shape index (κ1) is 11.6. The molecule has 1 aromatic carbocycles. The minimum atomic E-state index is -0.0719. The van der Waals surface area contributed by atoms with Crippen molar-refractivity contribution >= 4 is 5.91 Å². The molecule has 1 amide bonds. The molecule has 1 rings (SSSR count). The predicted octanol–water partition coefficient (Wildman–Crippen LogP) is 2.14. The van der Waals surface area contributed by atoms with Gasteiger partial charge in [0, 0.05) is 6.54 Å². The van der Waals surface area contributed by atoms with E-state index in [1.807, 2.05) is 26.0 Å². The summed E-state index contributed by atoms with van der Waals surface area (Å²) in [4.78, 5) is 11.7. The van der Waals surface area contributed by atoms with Crippen molar-refractivity contribution in [3.05, 3.63) is 29.3 Å². The Morgan fingerprint density at radius 3 is 2.80 bits per heavy atom. The van der Waals surface area contributed by atoms with Gasteiger partial charge in [-0.1, -0.05) is 19.1 Å². The van der Waals surface area contributed by atoms with Crippen molar-refractivity contribution in [2.45, 2.75) is 20.3 Å². The number of hydrogen-bond donors (Lipinski definition) is 1. The van der Waals surface area contributed by atoms with Crippen molar-refractivity contribution in [3.8, 4) is 5.75 Å². The van der Waals surface area contributed by atoms with Crippen LogP contribution in [0.3, 0.4) is 0 Å². The molecule has 0 spiro atoms. The maximum absolute atomic E-state index is 11.7. The van der Waals surface area contributed by atoms with Crippen LogP contribution in [0.4, 0.5) is 0 Å². The van der Waals surface area contributed by atoms with Gasteiger partial charge in [0.25, 0.3) is 5.91 Å². The summed E-state index contributed by atoms with van der Waals surface area (Å²) in [6, 6.07) is 5.56. The number of aryl methyl sites for hydroxylation is 1. The summed E-state index contributed by atoms with van der Waals surface area (Å²) in [5, 5.41) is 2.83. The smallest absolute Gasteiger partial charge is 0.255 e. The van der Waals surface area contributed by atoms with Crippen LogP contribution in [-0.4, -0.2) is 19.6 Å². The monoisotopic (exact) mass is 207 g/mol. The van der Waals surface area contributed by atoms with Gasteiger partial charge in [0.1, 0.15) is 5.75 Å². The van der Waals surface area contributed by atoms with E-state index < -0.39 is 0 Å². The van der Waals surface area contributed by atoms with Crippen LogP contribution in [0.15, 0.2) is 18.2 Å². The lowest BCUT2D eigenvalue weighted by Gasteiger charge is -2.10. The molecule has 0 bridgehead atoms. The molecule has 1 N–H and O–H groups in total. The normalized spacial score (nSPS) is 9.80. The average Bonchev–Trinajstić information content (AvgIpc) is 2.25. The van der Waals surface area contributed by atoms with Gasteiger partial charge in [-0.05, 0) is 25.0 Å². The van der Waals surface area contributed by atoms with Gasteiger partial charge >= 0.3 is 0 Å². The molecule has 0 saturated carbocycles. The maximum atomic E-state index is 11.7. The fraction of sp³-hybridized carbons (Fsp3) is 0.417. The molecule has 3 nitrogen and oxygen atoms in total. The molecular weight excluding hydrogens is 190 g/mol. The Morgan fingerprint density at radius 1 is 1.47 bits per heavy atom. The number of carbonyl (C=O) groups excluding carboxylic acids is 1. The zero-order chi connectivity index (χ0) is 11.3. The molecular formula is C12H17NO2. The topological polar surface area (TPSA) is 38.3 Å². The van der Waals surface area contributed by atoms with Gasteiger partial charge in [-0.15, -0.1) is 0 Å². The number of amides is 1. The third-order valence-electron chi connectivity index (χ3n) is 2.20. The van der Waals surface area contributed by atoms with Crippen molar-refractivity contribution in [3.63, 3.8) is 0 Å². The average molecular weight is 207 g/mol. The number of hydrogen-bond acceptors (Lipinski definition) is 2. The Bertz CT molecular complexity index is 347. The minimum Gasteiger partial charge on any atom is -0.496 e. The second-order valence-electron chi connectivity index (χ2n) is 3.41. The molecule has 0 aromatic heterocycles. The lowest BCUT2D eigenvalue weighted by molar-refractivity contribution is 0.0950. The van der Waals surface area contributed by atoms with Crippen molar-refractivity contribution in [1.82, 2.24) is 5.32 Å². The molecule has 0 aliphatic rings. The molecule has 0 fully saturated rings. The number of para-hydroxylation sites is 1. The van der Waals surface area contributed by atoms with Crippen molar-refractivity contribution < 1.29 is 9.53 Å². The Balaban J connectivity index is 2.92. The molecule has 0 atom stereocenters. The molecule has 82 valence electrons. The number of nitrogens with one attached hydrogen (secondary N) is 1. The van der Waals surface area contributed by atoms with Crippen LogP contribution < -0.4 is 10.1 Å². The van der Waals surface area contributed by atoms with E-state index in [0.29, 0.717) is 17.9 Å². The van der Waals surface area contributed by atoms with E-state index in [2.05, 4.69) is 5.32 Å². The van der Waals surface area contributed by atoms with E-state index in [-0.39, 0.29) is 5.91 Å². The summed E-state index contributed by atoms with van der Waals surface area (Å²) in [6.07, 6.45) is 0.930. The highest BCUT2D eigenvalue weighted by molar-refractivity contribution is 5.97. The minimum absolute atomic E-state index is 0.0719. The fourth-order valence-electron chi connectivity index (χ4n) is 1.44. The molecule has 0 radical (unpaired) electrons. The van der Waals surface area contributed by atoms with Crippen LogP contribution in [-0.2, 0) is 0 Å². The van der Waals surface area contributed by atoms with Gasteiger partial charge in [-0.2, -0.15) is 0 Å². The van der Waals surface area contributed by atoms with Crippen molar-refractivity contribution in [1.29, 1.82) is 0 Å². The van der Waals surface area contributed by atoms with Gasteiger partial charge in [0.2, 0.25) is 0 Å². The van der Waals surface area contributed by atoms with Crippen LogP contribution in [0.1, 0.15) is 29.3 Å². The van der Waals surface area contributed by atoms with Crippen LogP contribution >= 0.6 is 0 Å². The summed E-state index contributed by atoms with van der Waals surface area (Å²) in [7, 11) is 1.58. The highest BCUT2D eigenvalue weighted by Crippen LogP contribution is 2.22. The van der Waals surface area contributed by atoms with E-state index in [0.717, 1.165) is 12.0 Å². The Kier molecular flexibility index (Phi) is 4.16. The number of rotatable bonds is 4. The van der Waals surface area contributed by atoms with E-state index in [4.69, 9.17) is 4.74 Å². The summed E-state index contributed by atoms with van der Waals surface area (Å²) in [5.41, 5.74) is 1.58. The lowest BCUT2D eigenvalue weighted by atomic mass is 10.1. The van der Waals surface area contributed by atoms with Gasteiger partial charge in [-0.25, -0.2) is 0 Å². The van der Waals surface area contributed by atoms with E-state index >= 15 is 0 Å². The molecule has 0 aliphatic carbocycles. The van der Waals surface area contributed by atoms with Gasteiger partial charge < -0.3 is 10.1 Å². The van der Waals surface area contributed by atoms with Crippen LogP contribution in [0.2, 0.25) is 0 Å². The molecule has 0 saturated heterocycles. The molecule has 0 unspecified atom stereocenters. The first-order chi connectivity index (χ1) is 7.20. The highest BCUT2D eigenvalue weighted by atomic mass is 16.5. The van der Waals surface area contributed by atoms with Crippen LogP contribution in [0.25, 0.3) is 0 Å². The molecule has 0 heterocycles. The number of ether oxygens (including phenoxy) is 1. The highest BCUT2D eigenvalue weighted by Gasteiger charge is 2.12. The largest absolute Gasteiger partial charge is 0.496 e. The van der Waals surface area contributed by atoms with Gasteiger partial charge in [-0.3, -0.25) is 4.79 Å². The maximum Gasteiger partial charge on any atom is 0.255 e. The number of methoxy groups -OCH3 is 1. The summed E-state index contributed by atoms with van der Waals surface area (Å²) < 4.78 is 5.22. The molecule has 3 heteroatoms. The first-order valence-electron chi connectivity index (χ1n) is 5.12. The standard InChI is InChI=1S/C12H17NO2/c1-4-8-13-12(14)10-7-5-6-9(2)11(10)15-3/h5-7H,4,8H2,1-3H3,(H,13,14). The van der Waals surface area contributed by atoms with Crippen LogP contribution in [0, 0.1) is 6.92 Å². The summed E-state index contributed by atoms with van der Waals surface area (Å²) >= 11 is 0. The third-order valence-corrected chi connectivity index (χ3v) is 2.20. The van der Waals surface area contributed by atoms with Crippen LogP contribution in [0.5, 0.6) is 5.75 Å². The third kappa shape index (κ3) is 2.72. The van der Waals surface area contributed by atoms with E-state index in [1.165, 1.54) is 0 Å². The first-order valence-corrected chi connectivity index (χ1v) is 5.12. The second kappa shape index (κ2) is 5.39. The van der Waals surface area contributed by atoms with Crippen molar-refractivity contribution in [2.24, 2.45) is 0 Å². The summed E-state index contributed by atoms with van der Waals surface area (Å²) in [6.45, 7) is 4.64. The van der Waals surface area contributed by atoms with Gasteiger partial charge in [0.05, 0.1) is 12.7 Å². The molecule has 0 aliphatic heterocycles. The Morgan fingerprint density at radius 2 is 2.20 bits per heavy atom. The molecule has 1 aromatic rings. The Hall–Kier alpha value is -1.51. The SMILES string of the molecule is CCCNC(=O)c1cccc(C)c1OC. The van der Waals surface area contributed by atoms with Gasteiger partial charge in [0.15, 0.2) is 0 Å². The Labute approximate surface area is 90.4 Å². The van der Waals surface area contributed by atoms with E-state index in [1.54, 1.807) is 13.2 Å². The van der Waals surface area contributed by atoms with E-state index in [9.17, 15) is 4.79 Å². The number of carbonyl (C=O) groups is 1. The zero-order valence-electron chi connectivity index (χ0n) is 9.46. The number of benzene rings is 1. The predicted molar refractivity (Wildman–Crippen MR) is 60.4 cm³/mol. The molecule has 15 heavy (non-hydrogen) atoms. The quantitative estimate of drug-likeness (QED) is 0.821. The summed E-state index contributed by atoms with van der Waals surface area (Å²) in [5.74, 6) is 0.587. The fourth-order valence-corrected chi connectivity index (χ4v) is 1.44. The lowest BCUT2D eigenvalue weighted by Crippen LogP contribution is -2.24. The second-order valence-corrected chi connectivity index (χ2v) is 3.41. The zero-order valence-corrected chi connectivity index (χ0v) is 9.46.